The fourth-order valence-corrected chi connectivity index (χ4v) is 16.4. The molecule has 0 spiro atoms. The zero-order valence-electron chi connectivity index (χ0n) is 74.2. The zero-order valence-corrected chi connectivity index (χ0v) is 74.2. The predicted molar refractivity (Wildman–Crippen MR) is 501 cm³/mol. The molecule has 6 aromatic carbocycles. The first-order chi connectivity index (χ1) is 64.3. The first-order valence-electron chi connectivity index (χ1n) is 44.3. The smallest absolute Gasteiger partial charge is 0.336 e. The first kappa shape index (κ1) is 95.7. The summed E-state index contributed by atoms with van der Waals surface area (Å²) < 4.78 is 6.06. The van der Waals surface area contributed by atoms with Crippen molar-refractivity contribution >= 4 is 151 Å². The van der Waals surface area contributed by atoms with Gasteiger partial charge in [-0.3, -0.25) is 67.7 Å². The number of guanidine groups is 1. The van der Waals surface area contributed by atoms with Crippen LogP contribution in [0.25, 0.3) is 33.4 Å². The van der Waals surface area contributed by atoms with Crippen LogP contribution < -0.4 is 113 Å². The van der Waals surface area contributed by atoms with E-state index in [0.717, 1.165) is 0 Å². The van der Waals surface area contributed by atoms with Crippen LogP contribution in [0.3, 0.4) is 0 Å². The number of hydrogen-bond donors (Lipinski definition) is 21. The Hall–Kier alpha value is -15.8. The van der Waals surface area contributed by atoms with Crippen molar-refractivity contribution in [3.05, 3.63) is 177 Å². The molecule has 6 aliphatic rings. The van der Waals surface area contributed by atoms with Crippen molar-refractivity contribution in [2.24, 2.45) is 46.6 Å². The van der Waals surface area contributed by atoms with Crippen LogP contribution >= 0.6 is 0 Å². The summed E-state index contributed by atoms with van der Waals surface area (Å²) in [7, 11) is 0. The Kier molecular flexibility index (Phi) is 30.9. The number of nitrogens with zero attached hydrogens (tertiary/aromatic N) is 5. The van der Waals surface area contributed by atoms with Gasteiger partial charge in [0.15, 0.2) is 11.4 Å². The summed E-state index contributed by atoms with van der Waals surface area (Å²) in [6.07, 6.45) is 3.50. The number of phenols is 1. The second kappa shape index (κ2) is 43.3. The van der Waals surface area contributed by atoms with Gasteiger partial charge in [0.05, 0.1) is 29.8 Å². The number of carbonyl (C=O) groups excluding carboxylic acids is 12. The van der Waals surface area contributed by atoms with Gasteiger partial charge in [-0.05, 0) is 190 Å². The number of rotatable bonds is 28. The van der Waals surface area contributed by atoms with Crippen LogP contribution in [0.4, 0.5) is 57.7 Å². The number of fused-ring (bicyclic) bond motifs is 6. The number of unbranched alkanes of at least 4 members (excludes halogenated alkanes) is 1. The second-order valence-corrected chi connectivity index (χ2v) is 33.6. The van der Waals surface area contributed by atoms with Crippen LogP contribution in [0.5, 0.6) is 5.75 Å². The molecule has 0 unspecified atom stereocenters. The average Bonchev–Trinajstić information content (AvgIpc) is 0.744. The molecule has 6 atom stereocenters. The molecular formula is C93H108N24O17. The average molecular weight is 1830 g/mol. The molecular weight excluding hydrogens is 1730 g/mol. The second-order valence-electron chi connectivity index (χ2n) is 33.6. The predicted octanol–water partition coefficient (Wildman–Crippen LogP) is 5.82. The number of aromatic carboxylic acids is 1. The van der Waals surface area contributed by atoms with Crippen molar-refractivity contribution in [2.45, 2.75) is 136 Å². The van der Waals surface area contributed by atoms with E-state index < -0.39 is 138 Å². The van der Waals surface area contributed by atoms with E-state index in [0.29, 0.717) is 59.9 Å². The van der Waals surface area contributed by atoms with Crippen molar-refractivity contribution in [1.29, 1.82) is 5.41 Å². The van der Waals surface area contributed by atoms with E-state index in [-0.39, 0.29) is 210 Å². The van der Waals surface area contributed by atoms with Gasteiger partial charge in [-0.15, -0.1) is 0 Å². The van der Waals surface area contributed by atoms with Gasteiger partial charge in [-0.25, -0.2) is 4.79 Å². The van der Waals surface area contributed by atoms with E-state index in [9.17, 15) is 77.3 Å². The first-order valence-corrected chi connectivity index (χ1v) is 44.3. The lowest BCUT2D eigenvalue weighted by atomic mass is 9.90. The number of hydrogen-bond acceptors (Lipinski definition) is 26. The Morgan fingerprint density at radius 2 is 1.02 bits per heavy atom. The summed E-state index contributed by atoms with van der Waals surface area (Å²) >= 11 is 0. The van der Waals surface area contributed by atoms with E-state index in [1.165, 1.54) is 91.0 Å². The molecule has 0 bridgehead atoms. The largest absolute Gasteiger partial charge is 0.508 e. The Morgan fingerprint density at radius 3 is 1.50 bits per heavy atom. The number of benzene rings is 7. The summed E-state index contributed by atoms with van der Waals surface area (Å²) in [5.41, 5.74) is 26.0. The lowest BCUT2D eigenvalue weighted by Crippen LogP contribution is -2.55. The molecule has 2 fully saturated rings. The number of carboxylic acid groups (broad SMARTS) is 1. The number of carboxylic acids is 1. The molecule has 1 aromatic heterocycles. The number of aromatic hydroxyl groups is 1. The van der Waals surface area contributed by atoms with E-state index in [2.05, 4.69) is 74.4 Å². The number of anilines is 10. The third-order valence-corrected chi connectivity index (χ3v) is 24.3. The Labute approximate surface area is 768 Å². The molecule has 0 saturated carbocycles. The van der Waals surface area contributed by atoms with Crippen LogP contribution in [-0.4, -0.2) is 185 Å². The topological polar surface area (TPSA) is 634 Å². The maximum Gasteiger partial charge on any atom is 0.336 e. The number of piperidine rings is 2. The van der Waals surface area contributed by atoms with Gasteiger partial charge >= 0.3 is 5.97 Å². The summed E-state index contributed by atoms with van der Waals surface area (Å²) in [6, 6.07) is 26.5. The highest BCUT2D eigenvalue weighted by Crippen LogP contribution is 2.43. The maximum atomic E-state index is 14.6. The number of carbonyl (C=O) groups is 13. The summed E-state index contributed by atoms with van der Waals surface area (Å²) in [5, 5.41) is 69.9. The van der Waals surface area contributed by atoms with E-state index in [1.54, 1.807) is 50.2 Å². The van der Waals surface area contributed by atoms with Crippen LogP contribution in [0.2, 0.25) is 0 Å². The van der Waals surface area contributed by atoms with Crippen LogP contribution in [-0.2, 0) is 51.4 Å². The standard InChI is InChI=1S/C93H108N24O17/c1-5-47(3)77-87(130)107-68(10-7-8-30-94)85(128)109-70-36-51(79(95)122)12-14-53(70)43-100-66-24-17-55(39-64(66)83(126)111-77)104-74(120)45-102-81(124)49-26-32-116(33-27-49)92-113-91(106-57-16-21-60(63(38-57)89(132)133)76-61-22-19-58(118)41-72(61)134-73-42-59(119)20-23-62(73)76)114-93(115-92)117-34-28-50(29-35-117)82(125)103-46-75(121)105-56-18-25-67-65(40-56)84(127)112-78(48(4)6-2)88(131)108-69(11-9-31-99-90(97)98)86(129)110-71-37-52(80(96)123)13-15-54(71)44-101-67/h12-25,36-42,47-50,68-69,77-78,100-101,118H,5-11,26-35,43-46,94H2,1-4H3,(H2,95,122)(H2,96,123)(H,102,124)(H,103,125)(H,104,120)(H,105,121)(H,107,130)(H,108,131)(H,109,128)(H,110,129)(H,111,126)(H,112,127)(H,132,133)(H4,97,98,99)(H,106,113,114,115)/t47-,48-,68-,69-,77-,78-/m0/s1. The van der Waals surface area contributed by atoms with Crippen molar-refractivity contribution in [3.8, 4) is 28.2 Å². The molecule has 6 heterocycles. The molecule has 0 radical (unpaired) electrons. The van der Waals surface area contributed by atoms with Gasteiger partial charge in [-0.1, -0.05) is 58.7 Å². The van der Waals surface area contributed by atoms with E-state index >= 15 is 0 Å². The van der Waals surface area contributed by atoms with Crippen LogP contribution in [0, 0.1) is 29.1 Å². The summed E-state index contributed by atoms with van der Waals surface area (Å²) in [4.78, 5) is 211. The Bertz CT molecular complexity index is 6040. The van der Waals surface area contributed by atoms with Gasteiger partial charge in [0.1, 0.15) is 41.3 Å². The van der Waals surface area contributed by atoms with Gasteiger partial charge in [-0.2, -0.15) is 15.0 Å². The molecule has 7 aromatic rings. The Morgan fingerprint density at radius 1 is 0.530 bits per heavy atom. The molecule has 2 saturated heterocycles. The SMILES string of the molecule is CC[C@H](C)[C@@H]1NC(=O)c2cc(NC(=O)CNC(=O)C3CCN(c4nc(Nc5ccc(-c6c7ccc(=O)cc-7oc7cc(O)ccc67)c(C(=O)O)c5)nc(N5CCC(C(=O)NCC(=O)Nc6ccc7c(c6)C(=O)N[C@@H]([C@@H](C)CC)C(=O)N[C@@H](CCCNC(=N)N)C(=O)Nc6cc(C(N)=O)ccc6CN7)CC5)n4)CC3)ccc2NCc2ccc(C(N)=O)cc2NC(=O)[C@H](CCCCN)NC1=O. The fourth-order valence-electron chi connectivity index (χ4n) is 16.4. The van der Waals surface area contributed by atoms with Gasteiger partial charge < -0.3 is 122 Å². The van der Waals surface area contributed by atoms with Crippen LogP contribution in [0.15, 0.2) is 137 Å². The molecule has 134 heavy (non-hydrogen) atoms. The number of amides is 12. The van der Waals surface area contributed by atoms with Gasteiger partial charge in [0.2, 0.25) is 76.9 Å². The van der Waals surface area contributed by atoms with E-state index in [4.69, 9.17) is 47.7 Å². The molecule has 41 heteroatoms. The third-order valence-electron chi connectivity index (χ3n) is 24.3. The van der Waals surface area contributed by atoms with Crippen LogP contribution in [0.1, 0.15) is 161 Å². The third kappa shape index (κ3) is 23.7. The molecule has 13 rings (SSSR count). The molecule has 41 nitrogen and oxygen atoms in total. The highest BCUT2D eigenvalue weighted by atomic mass is 16.4. The lowest BCUT2D eigenvalue weighted by Gasteiger charge is -2.34. The minimum absolute atomic E-state index is 0.0106. The van der Waals surface area contributed by atoms with Gasteiger partial charge in [0.25, 0.3) is 11.8 Å². The van der Waals surface area contributed by atoms with Crippen molar-refractivity contribution in [3.63, 3.8) is 0 Å². The molecule has 12 amide bonds. The summed E-state index contributed by atoms with van der Waals surface area (Å²) in [5.74, 6) is -10.9. The highest BCUT2D eigenvalue weighted by molar-refractivity contribution is 6.11. The number of aromatic nitrogens is 3. The minimum atomic E-state index is -1.32. The lowest BCUT2D eigenvalue weighted by molar-refractivity contribution is -0.128. The maximum absolute atomic E-state index is 14.6. The monoisotopic (exact) mass is 1830 g/mol. The van der Waals surface area contributed by atoms with Gasteiger partial charge in [0, 0.05) is 137 Å². The van der Waals surface area contributed by atoms with Crippen molar-refractivity contribution in [2.75, 3.05) is 99.4 Å². The Balaban J connectivity index is 0.694. The molecule has 702 valence electrons. The van der Waals surface area contributed by atoms with Crippen molar-refractivity contribution in [1.82, 2.24) is 52.2 Å². The fraction of sp³-hybridized carbons (Fsp3) is 0.355. The molecule has 1 aliphatic carbocycles. The van der Waals surface area contributed by atoms with Crippen molar-refractivity contribution < 1.29 is 77.0 Å². The number of primary amides is 2. The van der Waals surface area contributed by atoms with E-state index in [1.807, 2.05) is 23.6 Å². The number of phenolic OH excluding ortho intramolecular Hbond substituents is 1. The normalized spacial score (nSPS) is 17.4. The number of nitrogens with two attached hydrogens (primary N) is 4. The quantitative estimate of drug-likeness (QED) is 0.0119. The molecule has 5 aliphatic heterocycles. The minimum Gasteiger partial charge on any atom is -0.508 e. The zero-order chi connectivity index (χ0) is 95.7. The molecule has 25 N–H and O–H groups in total. The number of nitrogens with one attached hydrogen (secondary N) is 15. The highest BCUT2D eigenvalue weighted by Gasteiger charge is 2.37. The summed E-state index contributed by atoms with van der Waals surface area (Å²) in [6.45, 7) is 7.66.